The third-order valence-corrected chi connectivity index (χ3v) is 1.81. The second kappa shape index (κ2) is 3.60. The first-order valence-corrected chi connectivity index (χ1v) is 4.24. The van der Waals surface area contributed by atoms with Crippen molar-refractivity contribution in [3.05, 3.63) is 11.8 Å². The number of carbonyl (C=O) groups excluding carboxylic acids is 1. The Bertz CT molecular complexity index is 268. The van der Waals surface area contributed by atoms with Crippen LogP contribution in [0.2, 0.25) is 0 Å². The van der Waals surface area contributed by atoms with Crippen LogP contribution < -0.4 is 0 Å². The molecule has 0 unspecified atom stereocenters. The molecule has 0 saturated heterocycles. The summed E-state index contributed by atoms with van der Waals surface area (Å²) in [6, 6.07) is 0. The average molecular weight is 183 g/mol. The summed E-state index contributed by atoms with van der Waals surface area (Å²) in [6.07, 6.45) is 1.46. The fourth-order valence-corrected chi connectivity index (χ4v) is 1.25. The molecule has 1 amide bonds. The van der Waals surface area contributed by atoms with Gasteiger partial charge >= 0.3 is 5.97 Å². The molecule has 0 radical (unpaired) electrons. The molecule has 0 aromatic heterocycles. The van der Waals surface area contributed by atoms with Crippen LogP contribution in [-0.2, 0) is 9.59 Å². The molecule has 1 rings (SSSR count). The van der Waals surface area contributed by atoms with E-state index in [1.807, 2.05) is 13.8 Å². The SMILES string of the molecule is CC(C)CN1C=C(C(=O)O)CC1=O. The van der Waals surface area contributed by atoms with Crippen LogP contribution in [0.15, 0.2) is 11.8 Å². The molecule has 1 heterocycles. The predicted molar refractivity (Wildman–Crippen MR) is 46.9 cm³/mol. The molecular formula is C9H13NO3. The average Bonchev–Trinajstić information content (AvgIpc) is 2.31. The van der Waals surface area contributed by atoms with Crippen LogP contribution in [-0.4, -0.2) is 28.4 Å². The van der Waals surface area contributed by atoms with E-state index >= 15 is 0 Å². The smallest absolute Gasteiger partial charge is 0.333 e. The normalized spacial score (nSPS) is 16.7. The third kappa shape index (κ3) is 2.31. The lowest BCUT2D eigenvalue weighted by molar-refractivity contribution is -0.134. The quantitative estimate of drug-likeness (QED) is 0.705. The van der Waals surface area contributed by atoms with Gasteiger partial charge in [-0.25, -0.2) is 4.79 Å². The molecule has 13 heavy (non-hydrogen) atoms. The topological polar surface area (TPSA) is 57.6 Å². The summed E-state index contributed by atoms with van der Waals surface area (Å²) >= 11 is 0. The Morgan fingerprint density at radius 2 is 2.31 bits per heavy atom. The van der Waals surface area contributed by atoms with Crippen LogP contribution in [0.3, 0.4) is 0 Å². The molecule has 0 saturated carbocycles. The van der Waals surface area contributed by atoms with Crippen molar-refractivity contribution in [2.45, 2.75) is 20.3 Å². The van der Waals surface area contributed by atoms with Gasteiger partial charge in [-0.3, -0.25) is 4.79 Å². The molecule has 1 aliphatic heterocycles. The Labute approximate surface area is 76.8 Å². The zero-order valence-corrected chi connectivity index (χ0v) is 7.78. The standard InChI is InChI=1S/C9H13NO3/c1-6(2)4-10-5-7(9(12)13)3-8(10)11/h5-6H,3-4H2,1-2H3,(H,12,13). The number of nitrogens with zero attached hydrogens (tertiary/aromatic N) is 1. The van der Waals surface area contributed by atoms with Crippen molar-refractivity contribution in [3.63, 3.8) is 0 Å². The van der Waals surface area contributed by atoms with Crippen LogP contribution in [0.5, 0.6) is 0 Å². The molecule has 1 aliphatic rings. The van der Waals surface area contributed by atoms with Crippen molar-refractivity contribution in [3.8, 4) is 0 Å². The van der Waals surface area contributed by atoms with E-state index in [1.54, 1.807) is 0 Å². The second-order valence-corrected chi connectivity index (χ2v) is 3.58. The Balaban J connectivity index is 2.67. The van der Waals surface area contributed by atoms with Crippen molar-refractivity contribution in [1.29, 1.82) is 0 Å². The van der Waals surface area contributed by atoms with Gasteiger partial charge in [0.15, 0.2) is 0 Å². The summed E-state index contributed by atoms with van der Waals surface area (Å²) < 4.78 is 0. The summed E-state index contributed by atoms with van der Waals surface area (Å²) in [5.74, 6) is -0.765. The van der Waals surface area contributed by atoms with Gasteiger partial charge in [0, 0.05) is 12.7 Å². The zero-order valence-electron chi connectivity index (χ0n) is 7.78. The molecule has 1 N–H and O–H groups in total. The highest BCUT2D eigenvalue weighted by atomic mass is 16.4. The molecule has 0 aliphatic carbocycles. The predicted octanol–water partition coefficient (Wildman–Crippen LogP) is 0.843. The highest BCUT2D eigenvalue weighted by Gasteiger charge is 2.25. The second-order valence-electron chi connectivity index (χ2n) is 3.58. The number of rotatable bonds is 3. The molecule has 4 heteroatoms. The third-order valence-electron chi connectivity index (χ3n) is 1.81. The van der Waals surface area contributed by atoms with E-state index in [1.165, 1.54) is 11.1 Å². The molecule has 0 bridgehead atoms. The van der Waals surface area contributed by atoms with Crippen molar-refractivity contribution in [2.24, 2.45) is 5.92 Å². The number of hydrogen-bond acceptors (Lipinski definition) is 2. The highest BCUT2D eigenvalue weighted by molar-refractivity contribution is 5.97. The van der Waals surface area contributed by atoms with Gasteiger partial charge < -0.3 is 10.0 Å². The molecule has 0 aromatic carbocycles. The first-order chi connectivity index (χ1) is 6.00. The molecule has 0 fully saturated rings. The van der Waals surface area contributed by atoms with Gasteiger partial charge in [0.25, 0.3) is 0 Å². The summed E-state index contributed by atoms with van der Waals surface area (Å²) in [5, 5.41) is 8.64. The number of amides is 1. The maximum atomic E-state index is 11.2. The van der Waals surface area contributed by atoms with E-state index in [0.29, 0.717) is 12.5 Å². The van der Waals surface area contributed by atoms with Crippen LogP contribution in [0.25, 0.3) is 0 Å². The van der Waals surface area contributed by atoms with E-state index < -0.39 is 5.97 Å². The number of aliphatic carboxylic acids is 1. The van der Waals surface area contributed by atoms with Crippen molar-refractivity contribution < 1.29 is 14.7 Å². The number of carboxylic acid groups (broad SMARTS) is 1. The maximum absolute atomic E-state index is 11.2. The lowest BCUT2D eigenvalue weighted by Gasteiger charge is -2.15. The van der Waals surface area contributed by atoms with E-state index in [0.717, 1.165) is 0 Å². The molecule has 0 atom stereocenters. The Kier molecular flexibility index (Phi) is 2.70. The highest BCUT2D eigenvalue weighted by Crippen LogP contribution is 2.16. The molecule has 0 spiro atoms. The monoisotopic (exact) mass is 183 g/mol. The lowest BCUT2D eigenvalue weighted by Crippen LogP contribution is -2.25. The Morgan fingerprint density at radius 1 is 1.69 bits per heavy atom. The van der Waals surface area contributed by atoms with Crippen molar-refractivity contribution in [1.82, 2.24) is 4.90 Å². The van der Waals surface area contributed by atoms with Crippen molar-refractivity contribution in [2.75, 3.05) is 6.54 Å². The minimum Gasteiger partial charge on any atom is -0.478 e. The largest absolute Gasteiger partial charge is 0.478 e. The summed E-state index contributed by atoms with van der Waals surface area (Å²) in [4.78, 5) is 23.2. The van der Waals surface area contributed by atoms with Gasteiger partial charge in [-0.1, -0.05) is 13.8 Å². The van der Waals surface area contributed by atoms with E-state index in [9.17, 15) is 9.59 Å². The fourth-order valence-electron chi connectivity index (χ4n) is 1.25. The van der Waals surface area contributed by atoms with Gasteiger partial charge in [-0.05, 0) is 5.92 Å². The minimum atomic E-state index is -1.00. The van der Waals surface area contributed by atoms with Crippen LogP contribution in [0.1, 0.15) is 20.3 Å². The summed E-state index contributed by atoms with van der Waals surface area (Å²) in [6.45, 7) is 4.56. The van der Waals surface area contributed by atoms with Crippen LogP contribution in [0, 0.1) is 5.92 Å². The van der Waals surface area contributed by atoms with Gasteiger partial charge in [-0.15, -0.1) is 0 Å². The van der Waals surface area contributed by atoms with Crippen LogP contribution >= 0.6 is 0 Å². The van der Waals surface area contributed by atoms with Gasteiger partial charge in [-0.2, -0.15) is 0 Å². The fraction of sp³-hybridized carbons (Fsp3) is 0.556. The first-order valence-electron chi connectivity index (χ1n) is 4.24. The Morgan fingerprint density at radius 3 is 2.69 bits per heavy atom. The lowest BCUT2D eigenvalue weighted by atomic mass is 10.2. The van der Waals surface area contributed by atoms with Gasteiger partial charge in [0.1, 0.15) is 0 Å². The number of hydrogen-bond donors (Lipinski definition) is 1. The number of carboxylic acids is 1. The maximum Gasteiger partial charge on any atom is 0.333 e. The van der Waals surface area contributed by atoms with E-state index in [-0.39, 0.29) is 17.9 Å². The Hall–Kier alpha value is -1.32. The zero-order chi connectivity index (χ0) is 10.0. The molecule has 72 valence electrons. The van der Waals surface area contributed by atoms with Gasteiger partial charge in [0.05, 0.1) is 12.0 Å². The van der Waals surface area contributed by atoms with E-state index in [2.05, 4.69) is 0 Å². The summed E-state index contributed by atoms with van der Waals surface area (Å²) in [7, 11) is 0. The van der Waals surface area contributed by atoms with Gasteiger partial charge in [0.2, 0.25) is 5.91 Å². The van der Waals surface area contributed by atoms with E-state index in [4.69, 9.17) is 5.11 Å². The summed E-state index contributed by atoms with van der Waals surface area (Å²) in [5.41, 5.74) is 0.186. The number of carbonyl (C=O) groups is 2. The molecular weight excluding hydrogens is 170 g/mol. The minimum absolute atomic E-state index is 0.0298. The molecule has 0 aromatic rings. The first kappa shape index (κ1) is 9.77. The van der Waals surface area contributed by atoms with Crippen molar-refractivity contribution >= 4 is 11.9 Å². The van der Waals surface area contributed by atoms with Crippen LogP contribution in [0.4, 0.5) is 0 Å². The molecule has 4 nitrogen and oxygen atoms in total.